The van der Waals surface area contributed by atoms with Crippen LogP contribution in [0.2, 0.25) is 0 Å². The number of unbranched alkanes of at least 4 members (excludes halogenated alkanes) is 30. The van der Waals surface area contributed by atoms with Crippen LogP contribution in [0.3, 0.4) is 0 Å². The summed E-state index contributed by atoms with van der Waals surface area (Å²) < 4.78 is 1.35. The molecule has 0 fully saturated rings. The summed E-state index contributed by atoms with van der Waals surface area (Å²) in [4.78, 5) is 0. The number of hydrogen-bond donors (Lipinski definition) is 0. The first kappa shape index (κ1) is 40.7. The van der Waals surface area contributed by atoms with Crippen molar-refractivity contribution in [3.05, 3.63) is 0 Å². The molecule has 0 rings (SSSR count). The zero-order valence-electron chi connectivity index (χ0n) is 28.6. The minimum atomic E-state index is 0.604. The van der Waals surface area contributed by atoms with Crippen LogP contribution in [-0.2, 0) is 0 Å². The lowest BCUT2D eigenvalue weighted by Gasteiger charge is -2.27. The molecule has 0 aromatic rings. The van der Waals surface area contributed by atoms with E-state index in [0.29, 0.717) is 5.41 Å². The van der Waals surface area contributed by atoms with E-state index in [2.05, 4.69) is 43.4 Å². The van der Waals surface area contributed by atoms with Crippen molar-refractivity contribution in [1.82, 2.24) is 0 Å². The summed E-state index contributed by atoms with van der Waals surface area (Å²) in [7, 11) is 0. The molecule has 0 bridgehead atoms. The zero-order valence-corrected chi connectivity index (χ0v) is 30.8. The lowest BCUT2D eigenvalue weighted by Crippen LogP contribution is -2.18. The molecule has 0 saturated carbocycles. The van der Waals surface area contributed by atoms with Crippen LogP contribution in [0.25, 0.3) is 0 Å². The molecule has 0 N–H and O–H groups in total. The van der Waals surface area contributed by atoms with Crippen LogP contribution < -0.4 is 0 Å². The van der Waals surface area contributed by atoms with E-state index < -0.39 is 0 Å². The third-order valence-corrected chi connectivity index (χ3v) is 11.4. The number of halogens is 1. The normalized spacial score (nSPS) is 12.0. The van der Waals surface area contributed by atoms with Crippen LogP contribution in [0, 0.1) is 5.41 Å². The van der Waals surface area contributed by atoms with Crippen molar-refractivity contribution in [1.29, 1.82) is 0 Å². The fourth-order valence-corrected chi connectivity index (χ4v) is 7.22. The van der Waals surface area contributed by atoms with Crippen molar-refractivity contribution in [2.24, 2.45) is 5.41 Å². The minimum absolute atomic E-state index is 0.604. The first-order chi connectivity index (χ1) is 19.7. The van der Waals surface area contributed by atoms with E-state index in [4.69, 9.17) is 0 Å². The molecule has 0 heterocycles. The quantitative estimate of drug-likeness (QED) is 0.0357. The molecule has 0 aromatic carbocycles. The summed E-state index contributed by atoms with van der Waals surface area (Å²) >= 11 is 2.67. The lowest BCUT2D eigenvalue weighted by atomic mass is 9.81. The molecular weight excluding hydrogens is 595 g/mol. The zero-order chi connectivity index (χ0) is 29.2. The van der Waals surface area contributed by atoms with Crippen molar-refractivity contribution in [2.75, 3.05) is 4.43 Å². The van der Waals surface area contributed by atoms with Crippen molar-refractivity contribution < 1.29 is 0 Å². The van der Waals surface area contributed by atoms with Gasteiger partial charge in [-0.2, -0.15) is 0 Å². The van der Waals surface area contributed by atoms with Gasteiger partial charge in [-0.3, -0.25) is 0 Å². The average Bonchev–Trinajstić information content (AvgIpc) is 2.96. The van der Waals surface area contributed by atoms with E-state index in [1.165, 1.54) is 223 Å². The Hall–Kier alpha value is 0.730. The van der Waals surface area contributed by atoms with E-state index in [0.717, 1.165) is 0 Å². The molecule has 0 saturated heterocycles. The summed E-state index contributed by atoms with van der Waals surface area (Å²) in [6, 6.07) is 0. The van der Waals surface area contributed by atoms with E-state index in [-0.39, 0.29) is 0 Å². The van der Waals surface area contributed by atoms with Crippen molar-refractivity contribution in [2.45, 2.75) is 239 Å². The molecule has 0 nitrogen and oxygen atoms in total. The Kier molecular flexibility index (Phi) is 34.8. The van der Waals surface area contributed by atoms with Crippen LogP contribution in [0.5, 0.6) is 0 Å². The monoisotopic (exact) mass is 675 g/mol. The maximum atomic E-state index is 2.67. The predicted molar refractivity (Wildman–Crippen MR) is 195 cm³/mol. The van der Waals surface area contributed by atoms with Crippen molar-refractivity contribution in [3.8, 4) is 0 Å². The topological polar surface area (TPSA) is 0 Å². The van der Waals surface area contributed by atoms with Gasteiger partial charge in [0.1, 0.15) is 0 Å². The summed E-state index contributed by atoms with van der Waals surface area (Å²) in [5.41, 5.74) is 0.604. The average molecular weight is 675 g/mol. The van der Waals surface area contributed by atoms with Crippen LogP contribution in [0.4, 0.5) is 0 Å². The Morgan fingerprint density at radius 3 is 0.650 bits per heavy atom. The summed E-state index contributed by atoms with van der Waals surface area (Å²) in [5, 5.41) is 0. The molecule has 0 spiro atoms. The second-order valence-corrected chi connectivity index (χ2v) is 14.8. The molecule has 0 aliphatic heterocycles. The van der Waals surface area contributed by atoms with Gasteiger partial charge in [0.25, 0.3) is 0 Å². The largest absolute Gasteiger partial charge is 0.0858 e. The number of rotatable bonds is 35. The first-order valence-electron chi connectivity index (χ1n) is 19.2. The first-order valence-corrected chi connectivity index (χ1v) is 20.8. The van der Waals surface area contributed by atoms with Crippen molar-refractivity contribution >= 4 is 22.6 Å². The van der Waals surface area contributed by atoms with E-state index in [1.807, 2.05) is 0 Å². The third kappa shape index (κ3) is 31.7. The van der Waals surface area contributed by atoms with E-state index in [1.54, 1.807) is 0 Å². The van der Waals surface area contributed by atoms with E-state index in [9.17, 15) is 0 Å². The Balaban J connectivity index is 3.38. The van der Waals surface area contributed by atoms with Gasteiger partial charge in [0, 0.05) is 4.43 Å². The van der Waals surface area contributed by atoms with Gasteiger partial charge in [0.2, 0.25) is 0 Å². The van der Waals surface area contributed by atoms with E-state index >= 15 is 0 Å². The smallest absolute Gasteiger partial charge is 0.00493 e. The van der Waals surface area contributed by atoms with Gasteiger partial charge < -0.3 is 0 Å². The molecule has 0 radical (unpaired) electrons. The predicted octanol–water partition coefficient (Wildman–Crippen LogP) is 15.7. The fourth-order valence-electron chi connectivity index (χ4n) is 6.46. The fraction of sp³-hybridized carbons (Fsp3) is 1.00. The highest BCUT2D eigenvalue weighted by molar-refractivity contribution is 14.1. The molecule has 0 unspecified atom stereocenters. The molecule has 1 heteroatoms. The summed E-state index contributed by atoms with van der Waals surface area (Å²) in [5.74, 6) is 0. The highest BCUT2D eigenvalue weighted by Crippen LogP contribution is 2.33. The molecule has 242 valence electrons. The van der Waals surface area contributed by atoms with Gasteiger partial charge in [-0.1, -0.05) is 249 Å². The Bertz CT molecular complexity index is 408. The van der Waals surface area contributed by atoms with Gasteiger partial charge in [0.05, 0.1) is 0 Å². The molecule has 0 aromatic heterocycles. The second-order valence-electron chi connectivity index (χ2n) is 14.1. The lowest BCUT2D eigenvalue weighted by molar-refractivity contribution is 0.294. The van der Waals surface area contributed by atoms with Gasteiger partial charge >= 0.3 is 0 Å². The molecule has 0 atom stereocenters. The Morgan fingerprint density at radius 2 is 0.475 bits per heavy atom. The molecule has 0 aliphatic carbocycles. The summed E-state index contributed by atoms with van der Waals surface area (Å²) in [6.07, 6.45) is 50.0. The highest BCUT2D eigenvalue weighted by atomic mass is 127. The van der Waals surface area contributed by atoms with Crippen LogP contribution in [0.1, 0.15) is 239 Å². The molecule has 0 aliphatic rings. The summed E-state index contributed by atoms with van der Waals surface area (Å²) in [6.45, 7) is 7.20. The third-order valence-electron chi connectivity index (χ3n) is 9.59. The Morgan fingerprint density at radius 1 is 0.300 bits per heavy atom. The minimum Gasteiger partial charge on any atom is -0.0858 e. The van der Waals surface area contributed by atoms with Crippen LogP contribution in [-0.4, -0.2) is 4.43 Å². The second kappa shape index (κ2) is 34.2. The van der Waals surface area contributed by atoms with Gasteiger partial charge in [-0.05, 0) is 18.3 Å². The SMILES string of the molecule is CCCCCCCCCCCCCCCCCCC(C)(CI)CCCCCCCCCCCCCCCCCC. The molecule has 40 heavy (non-hydrogen) atoms. The van der Waals surface area contributed by atoms with Gasteiger partial charge in [0.15, 0.2) is 0 Å². The number of alkyl halides is 1. The van der Waals surface area contributed by atoms with Crippen molar-refractivity contribution in [3.63, 3.8) is 0 Å². The van der Waals surface area contributed by atoms with Gasteiger partial charge in [-0.25, -0.2) is 0 Å². The molecule has 0 amide bonds. The maximum Gasteiger partial charge on any atom is 0.00493 e. The number of hydrogen-bond acceptors (Lipinski definition) is 0. The molecular formula is C39H79I. The van der Waals surface area contributed by atoms with Gasteiger partial charge in [-0.15, -0.1) is 0 Å². The maximum absolute atomic E-state index is 2.67. The van der Waals surface area contributed by atoms with Crippen LogP contribution >= 0.6 is 22.6 Å². The highest BCUT2D eigenvalue weighted by Gasteiger charge is 2.21. The van der Waals surface area contributed by atoms with Crippen LogP contribution in [0.15, 0.2) is 0 Å². The Labute approximate surface area is 270 Å². The standard InChI is InChI=1S/C39H79I/c1-4-6-8-10-12-14-16-18-20-22-24-26-28-30-32-34-36-39(3,38-40)37-35-33-31-29-27-25-23-21-19-17-15-13-11-9-7-5-2/h4-38H2,1-3H3.